The van der Waals surface area contributed by atoms with Gasteiger partial charge in [-0.15, -0.1) is 0 Å². The number of hydrogen-bond acceptors (Lipinski definition) is 6. The highest BCUT2D eigenvalue weighted by atomic mass is 32.2. The average Bonchev–Trinajstić information content (AvgIpc) is 2.85. The summed E-state index contributed by atoms with van der Waals surface area (Å²) in [6, 6.07) is 2.44. The maximum absolute atomic E-state index is 14.6. The zero-order valence-electron chi connectivity index (χ0n) is 21.4. The topological polar surface area (TPSA) is 37.0 Å². The van der Waals surface area contributed by atoms with Gasteiger partial charge in [-0.1, -0.05) is 37.6 Å². The Morgan fingerprint density at radius 2 is 1.80 bits per heavy atom. The van der Waals surface area contributed by atoms with Crippen molar-refractivity contribution in [1.82, 2.24) is 14.5 Å². The van der Waals surface area contributed by atoms with Crippen LogP contribution >= 0.6 is 11.9 Å². The summed E-state index contributed by atoms with van der Waals surface area (Å²) < 4.78 is 43.3. The summed E-state index contributed by atoms with van der Waals surface area (Å²) in [4.78, 5) is 4.95. The van der Waals surface area contributed by atoms with Crippen molar-refractivity contribution >= 4 is 18.0 Å². The third-order valence-electron chi connectivity index (χ3n) is 5.56. The molecule has 8 heteroatoms. The van der Waals surface area contributed by atoms with Crippen LogP contribution in [-0.2, 0) is 4.74 Å². The van der Waals surface area contributed by atoms with Gasteiger partial charge in [0.25, 0.3) is 0 Å². The van der Waals surface area contributed by atoms with Crippen LogP contribution in [0.2, 0.25) is 0 Å². The molecule has 194 valence electrons. The summed E-state index contributed by atoms with van der Waals surface area (Å²) in [5.41, 5.74) is 0.356. The molecular weight excluding hydrogens is 468 g/mol. The Bertz CT molecular complexity index is 873. The molecule has 5 nitrogen and oxygen atoms in total. The predicted molar refractivity (Wildman–Crippen MR) is 143 cm³/mol. The van der Waals surface area contributed by atoms with Crippen LogP contribution < -0.4 is 9.46 Å². The highest BCUT2D eigenvalue weighted by Gasteiger charge is 2.15. The third-order valence-corrected chi connectivity index (χ3v) is 6.46. The van der Waals surface area contributed by atoms with Crippen molar-refractivity contribution in [2.75, 3.05) is 52.4 Å². The molecule has 0 radical (unpaired) electrons. The van der Waals surface area contributed by atoms with Gasteiger partial charge in [0, 0.05) is 44.5 Å². The Labute approximate surface area is 213 Å². The van der Waals surface area contributed by atoms with Crippen LogP contribution in [0.3, 0.4) is 0 Å². The molecule has 1 aliphatic rings. The first kappa shape index (κ1) is 29.1. The van der Waals surface area contributed by atoms with Gasteiger partial charge < -0.3 is 14.4 Å². The minimum Gasteiger partial charge on any atom is -0.495 e. The van der Waals surface area contributed by atoms with Crippen LogP contribution in [0, 0.1) is 11.6 Å². The van der Waals surface area contributed by atoms with E-state index in [0.29, 0.717) is 23.7 Å². The molecule has 1 unspecified atom stereocenters. The lowest BCUT2D eigenvalue weighted by Gasteiger charge is -2.33. The van der Waals surface area contributed by atoms with E-state index in [-0.39, 0.29) is 5.25 Å². The Morgan fingerprint density at radius 1 is 1.14 bits per heavy atom. The largest absolute Gasteiger partial charge is 0.495 e. The van der Waals surface area contributed by atoms with E-state index < -0.39 is 17.4 Å². The van der Waals surface area contributed by atoms with Gasteiger partial charge in [-0.05, 0) is 63.2 Å². The number of allylic oxidation sites excluding steroid dienone is 3. The van der Waals surface area contributed by atoms with E-state index in [4.69, 9.17) is 9.47 Å². The average molecular weight is 508 g/mol. The molecule has 35 heavy (non-hydrogen) atoms. The highest BCUT2D eigenvalue weighted by molar-refractivity contribution is 7.98. The van der Waals surface area contributed by atoms with Crippen molar-refractivity contribution in [3.8, 4) is 5.75 Å². The molecule has 1 atom stereocenters. The molecule has 1 heterocycles. The smallest absolute Gasteiger partial charge is 0.198 e. The summed E-state index contributed by atoms with van der Waals surface area (Å²) in [5, 5.41) is 0.158. The Kier molecular flexibility index (Phi) is 13.1. The maximum Gasteiger partial charge on any atom is 0.198 e. The molecule has 1 aromatic rings. The highest BCUT2D eigenvalue weighted by Crippen LogP contribution is 2.26. The Hall–Kier alpha value is -2.13. The number of nitrogens with one attached hydrogen (secondary N) is 1. The molecule has 0 saturated carbocycles. The minimum atomic E-state index is -0.775. The zero-order chi connectivity index (χ0) is 25.6. The maximum atomic E-state index is 14.6. The number of piperazine rings is 1. The minimum absolute atomic E-state index is 0.158. The summed E-state index contributed by atoms with van der Waals surface area (Å²) in [7, 11) is 0. The van der Waals surface area contributed by atoms with Crippen molar-refractivity contribution in [3.63, 3.8) is 0 Å². The zero-order valence-corrected chi connectivity index (χ0v) is 22.2. The van der Waals surface area contributed by atoms with E-state index in [1.807, 2.05) is 13.0 Å². The van der Waals surface area contributed by atoms with Crippen LogP contribution in [0.15, 0.2) is 54.5 Å². The van der Waals surface area contributed by atoms with Gasteiger partial charge in [0.05, 0.1) is 6.61 Å². The number of nitrogens with zero attached hydrogens (tertiary/aromatic N) is 2. The molecule has 0 aromatic heterocycles. The standard InChI is InChI=1S/C27H39F2N3O2S/c1-6-24(12-10-22(5)35-30-13-14-32-17-15-31(7-2)16-18-32)34-27-25(28)19-23(20-26(27)29)11-9-21(4)33-8-3/h6,9-12,19-20,22,30H,4,7-8,13-18H2,1-3,5H3/b11-9+,12-10-,24-6+. The van der Waals surface area contributed by atoms with Gasteiger partial charge in [-0.25, -0.2) is 8.78 Å². The van der Waals surface area contributed by atoms with E-state index >= 15 is 0 Å². The van der Waals surface area contributed by atoms with E-state index in [2.05, 4.69) is 34.9 Å². The predicted octanol–water partition coefficient (Wildman–Crippen LogP) is 5.63. The quantitative estimate of drug-likeness (QED) is 0.152. The number of benzene rings is 1. The molecule has 1 N–H and O–H groups in total. The van der Waals surface area contributed by atoms with Crippen molar-refractivity contribution in [3.05, 3.63) is 71.7 Å². The van der Waals surface area contributed by atoms with E-state index in [1.165, 1.54) is 12.1 Å². The summed E-state index contributed by atoms with van der Waals surface area (Å²) in [6.07, 6.45) is 8.47. The van der Waals surface area contributed by atoms with Crippen LogP contribution in [0.25, 0.3) is 6.08 Å². The van der Waals surface area contributed by atoms with E-state index in [9.17, 15) is 8.78 Å². The van der Waals surface area contributed by atoms with Gasteiger partial charge in [-0.3, -0.25) is 9.62 Å². The fourth-order valence-electron chi connectivity index (χ4n) is 3.50. The molecule has 0 spiro atoms. The lowest BCUT2D eigenvalue weighted by Crippen LogP contribution is -2.47. The molecule has 1 aliphatic heterocycles. The lowest BCUT2D eigenvalue weighted by molar-refractivity contribution is 0.139. The second-order valence-electron chi connectivity index (χ2n) is 8.19. The second kappa shape index (κ2) is 15.8. The second-order valence-corrected chi connectivity index (χ2v) is 9.46. The summed E-state index contributed by atoms with van der Waals surface area (Å²) >= 11 is 1.62. The number of halogens is 2. The fraction of sp³-hybridized carbons (Fsp3) is 0.481. The Morgan fingerprint density at radius 3 is 2.40 bits per heavy atom. The van der Waals surface area contributed by atoms with Gasteiger partial charge in [0.2, 0.25) is 0 Å². The molecule has 2 rings (SSSR count). The first-order valence-electron chi connectivity index (χ1n) is 12.2. The molecule has 1 aromatic carbocycles. The monoisotopic (exact) mass is 507 g/mol. The van der Waals surface area contributed by atoms with Gasteiger partial charge in [-0.2, -0.15) is 0 Å². The van der Waals surface area contributed by atoms with E-state index in [0.717, 1.165) is 45.8 Å². The fourth-order valence-corrected chi connectivity index (χ4v) is 4.12. The summed E-state index contributed by atoms with van der Waals surface area (Å²) in [6.45, 7) is 19.6. The van der Waals surface area contributed by atoms with Crippen molar-refractivity contribution < 1.29 is 18.3 Å². The number of ether oxygens (including phenoxy) is 2. The molecule has 0 bridgehead atoms. The van der Waals surface area contributed by atoms with Gasteiger partial charge in [0.15, 0.2) is 17.4 Å². The number of rotatable bonds is 14. The molecule has 1 fully saturated rings. The Balaban J connectivity index is 1.81. The van der Waals surface area contributed by atoms with Crippen molar-refractivity contribution in [1.29, 1.82) is 0 Å². The number of hydrogen-bond donors (Lipinski definition) is 1. The van der Waals surface area contributed by atoms with Crippen LogP contribution in [0.5, 0.6) is 5.75 Å². The number of likely N-dealkylation sites (N-methyl/N-ethyl adjacent to an activating group) is 1. The molecule has 1 saturated heterocycles. The first-order chi connectivity index (χ1) is 16.9. The normalized spacial score (nSPS) is 16.8. The van der Waals surface area contributed by atoms with Crippen LogP contribution in [-0.4, -0.2) is 67.5 Å². The molecular formula is C27H39F2N3O2S. The van der Waals surface area contributed by atoms with E-state index in [1.54, 1.807) is 43.2 Å². The van der Waals surface area contributed by atoms with Gasteiger partial charge in [0.1, 0.15) is 11.5 Å². The third kappa shape index (κ3) is 10.6. The first-order valence-corrected chi connectivity index (χ1v) is 13.1. The van der Waals surface area contributed by atoms with Crippen molar-refractivity contribution in [2.45, 2.75) is 32.9 Å². The molecule has 0 aliphatic carbocycles. The van der Waals surface area contributed by atoms with Gasteiger partial charge >= 0.3 is 0 Å². The SMILES string of the molecule is C=C(/C=C/c1cc(F)c(OC(/C=C\C(C)SNCCN2CCN(CC)CC2)=C/C)c(F)c1)OCC. The summed E-state index contributed by atoms with van der Waals surface area (Å²) in [5.74, 6) is -1.18. The van der Waals surface area contributed by atoms with Crippen molar-refractivity contribution in [2.24, 2.45) is 0 Å². The molecule has 0 amide bonds. The lowest BCUT2D eigenvalue weighted by atomic mass is 10.2. The van der Waals surface area contributed by atoms with Crippen LogP contribution in [0.4, 0.5) is 8.78 Å². The van der Waals surface area contributed by atoms with Crippen LogP contribution in [0.1, 0.15) is 33.3 Å².